The summed E-state index contributed by atoms with van der Waals surface area (Å²) < 4.78 is 1.77. The van der Waals surface area contributed by atoms with Crippen molar-refractivity contribution in [3.05, 3.63) is 78.6 Å². The lowest BCUT2D eigenvalue weighted by Gasteiger charge is -2.06. The van der Waals surface area contributed by atoms with Crippen molar-refractivity contribution >= 4 is 16.8 Å². The first-order valence-electron chi connectivity index (χ1n) is 8.09. The van der Waals surface area contributed by atoms with Crippen LogP contribution in [0.3, 0.4) is 0 Å². The summed E-state index contributed by atoms with van der Waals surface area (Å²) >= 11 is 0. The number of aromatic amines is 1. The Hall–Kier alpha value is -3.41. The number of hydrogen-bond acceptors (Lipinski definition) is 3. The molecule has 0 aliphatic rings. The lowest BCUT2D eigenvalue weighted by atomic mass is 10.2. The molecule has 4 aromatic rings. The number of aromatic nitrogens is 4. The number of carbonyl (C=O) groups is 1. The molecule has 0 spiro atoms. The van der Waals surface area contributed by atoms with Gasteiger partial charge in [-0.05, 0) is 29.7 Å². The van der Waals surface area contributed by atoms with E-state index in [1.807, 2.05) is 18.2 Å². The molecule has 0 aliphatic carbocycles. The van der Waals surface area contributed by atoms with Gasteiger partial charge in [-0.15, -0.1) is 0 Å². The van der Waals surface area contributed by atoms with Gasteiger partial charge in [0.2, 0.25) is 0 Å². The topological polar surface area (TPSA) is 75.6 Å². The van der Waals surface area contributed by atoms with Gasteiger partial charge in [-0.2, -0.15) is 0 Å². The highest BCUT2D eigenvalue weighted by molar-refractivity contribution is 5.94. The Morgan fingerprint density at radius 1 is 1.16 bits per heavy atom. The molecule has 0 saturated heterocycles. The van der Waals surface area contributed by atoms with Crippen LogP contribution in [0.4, 0.5) is 0 Å². The summed E-state index contributed by atoms with van der Waals surface area (Å²) in [6.45, 7) is 0.564. The number of pyridine rings is 1. The number of hydrogen-bond donors (Lipinski definition) is 2. The highest BCUT2D eigenvalue weighted by Gasteiger charge is 2.08. The SMILES string of the molecule is O=C(NCCc1cc2ccccc2[nH]1)c1ccnc(-n2ccnc2)c1. The smallest absolute Gasteiger partial charge is 0.251 e. The van der Waals surface area contributed by atoms with Crippen molar-refractivity contribution in [2.45, 2.75) is 6.42 Å². The molecule has 2 N–H and O–H groups in total. The first kappa shape index (κ1) is 15.1. The van der Waals surface area contributed by atoms with Gasteiger partial charge in [0.15, 0.2) is 0 Å². The fraction of sp³-hybridized carbons (Fsp3) is 0.105. The zero-order valence-corrected chi connectivity index (χ0v) is 13.5. The van der Waals surface area contributed by atoms with Gasteiger partial charge >= 0.3 is 0 Å². The summed E-state index contributed by atoms with van der Waals surface area (Å²) in [5.74, 6) is 0.556. The predicted octanol–water partition coefficient (Wildman–Crippen LogP) is 2.72. The van der Waals surface area contributed by atoms with Crippen molar-refractivity contribution in [2.75, 3.05) is 6.54 Å². The molecule has 0 saturated carbocycles. The molecule has 0 fully saturated rings. The third-order valence-electron chi connectivity index (χ3n) is 4.04. The highest BCUT2D eigenvalue weighted by atomic mass is 16.1. The van der Waals surface area contributed by atoms with Gasteiger partial charge in [0.25, 0.3) is 5.91 Å². The molecule has 3 heterocycles. The summed E-state index contributed by atoms with van der Waals surface area (Å²) in [4.78, 5) is 24.0. The Morgan fingerprint density at radius 2 is 2.08 bits per heavy atom. The van der Waals surface area contributed by atoms with E-state index in [2.05, 4.69) is 32.4 Å². The number of amides is 1. The Bertz CT molecular complexity index is 971. The van der Waals surface area contributed by atoms with Crippen LogP contribution < -0.4 is 5.32 Å². The maximum absolute atomic E-state index is 12.4. The Labute approximate surface area is 144 Å². The van der Waals surface area contributed by atoms with Crippen molar-refractivity contribution in [3.8, 4) is 5.82 Å². The highest BCUT2D eigenvalue weighted by Crippen LogP contribution is 2.14. The van der Waals surface area contributed by atoms with Gasteiger partial charge in [0.1, 0.15) is 12.1 Å². The van der Waals surface area contributed by atoms with Gasteiger partial charge in [-0.25, -0.2) is 9.97 Å². The maximum Gasteiger partial charge on any atom is 0.251 e. The summed E-state index contributed by atoms with van der Waals surface area (Å²) in [5, 5.41) is 4.14. The van der Waals surface area contributed by atoms with E-state index < -0.39 is 0 Å². The van der Waals surface area contributed by atoms with Crippen molar-refractivity contribution in [1.82, 2.24) is 24.8 Å². The van der Waals surface area contributed by atoms with E-state index in [1.54, 1.807) is 41.6 Å². The van der Waals surface area contributed by atoms with E-state index in [0.29, 0.717) is 17.9 Å². The van der Waals surface area contributed by atoms with Gasteiger partial charge in [0, 0.05) is 48.3 Å². The lowest BCUT2D eigenvalue weighted by Crippen LogP contribution is -2.26. The molecule has 25 heavy (non-hydrogen) atoms. The fourth-order valence-electron chi connectivity index (χ4n) is 2.78. The number of fused-ring (bicyclic) bond motifs is 1. The van der Waals surface area contributed by atoms with Crippen LogP contribution in [0, 0.1) is 0 Å². The zero-order chi connectivity index (χ0) is 17.1. The fourth-order valence-corrected chi connectivity index (χ4v) is 2.78. The third-order valence-corrected chi connectivity index (χ3v) is 4.04. The van der Waals surface area contributed by atoms with E-state index in [1.165, 1.54) is 5.39 Å². The number of rotatable bonds is 5. The number of nitrogens with one attached hydrogen (secondary N) is 2. The van der Waals surface area contributed by atoms with E-state index in [-0.39, 0.29) is 5.91 Å². The van der Waals surface area contributed by atoms with Crippen LogP contribution in [0.5, 0.6) is 0 Å². The van der Waals surface area contributed by atoms with Crippen molar-refractivity contribution in [1.29, 1.82) is 0 Å². The second kappa shape index (κ2) is 6.60. The first-order chi connectivity index (χ1) is 12.3. The lowest BCUT2D eigenvalue weighted by molar-refractivity contribution is 0.0954. The Kier molecular flexibility index (Phi) is 4.00. The average molecular weight is 331 g/mol. The molecule has 0 unspecified atom stereocenters. The molecule has 1 aromatic carbocycles. The molecule has 6 nitrogen and oxygen atoms in total. The maximum atomic E-state index is 12.4. The minimum Gasteiger partial charge on any atom is -0.358 e. The molecule has 0 aliphatic heterocycles. The van der Waals surface area contributed by atoms with Crippen LogP contribution in [0.25, 0.3) is 16.7 Å². The molecule has 4 rings (SSSR count). The van der Waals surface area contributed by atoms with Crippen LogP contribution >= 0.6 is 0 Å². The zero-order valence-electron chi connectivity index (χ0n) is 13.5. The molecular formula is C19H17N5O. The summed E-state index contributed by atoms with van der Waals surface area (Å²) in [7, 11) is 0. The van der Waals surface area contributed by atoms with Gasteiger partial charge in [-0.1, -0.05) is 18.2 Å². The normalized spacial score (nSPS) is 10.9. The number of imidazole rings is 1. The summed E-state index contributed by atoms with van der Waals surface area (Å²) in [6, 6.07) is 13.7. The number of para-hydroxylation sites is 1. The second-order valence-electron chi connectivity index (χ2n) is 5.76. The number of nitrogens with zero attached hydrogens (tertiary/aromatic N) is 3. The van der Waals surface area contributed by atoms with Crippen LogP contribution in [-0.2, 0) is 6.42 Å². The minimum atomic E-state index is -0.111. The molecule has 1 amide bonds. The average Bonchev–Trinajstić information content (AvgIpc) is 3.31. The van der Waals surface area contributed by atoms with Gasteiger partial charge in [-0.3, -0.25) is 9.36 Å². The van der Waals surface area contributed by atoms with E-state index >= 15 is 0 Å². The van der Waals surface area contributed by atoms with Crippen molar-refractivity contribution in [3.63, 3.8) is 0 Å². The second-order valence-corrected chi connectivity index (χ2v) is 5.76. The van der Waals surface area contributed by atoms with Gasteiger partial charge in [0.05, 0.1) is 0 Å². The minimum absolute atomic E-state index is 0.111. The molecule has 0 radical (unpaired) electrons. The third kappa shape index (κ3) is 3.28. The van der Waals surface area contributed by atoms with Crippen LogP contribution in [0.15, 0.2) is 67.4 Å². The van der Waals surface area contributed by atoms with E-state index in [0.717, 1.165) is 17.6 Å². The van der Waals surface area contributed by atoms with Crippen molar-refractivity contribution < 1.29 is 4.79 Å². The number of benzene rings is 1. The molecule has 124 valence electrons. The molecule has 3 aromatic heterocycles. The van der Waals surface area contributed by atoms with Crippen LogP contribution in [0.1, 0.15) is 16.1 Å². The first-order valence-corrected chi connectivity index (χ1v) is 8.09. The number of carbonyl (C=O) groups excluding carboxylic acids is 1. The molecule has 0 bridgehead atoms. The largest absolute Gasteiger partial charge is 0.358 e. The molecule has 6 heteroatoms. The standard InChI is InChI=1S/C19H17N5O/c25-19(15-5-7-21-18(12-15)24-10-9-20-13-24)22-8-6-16-11-14-3-1-2-4-17(14)23-16/h1-5,7,9-13,23H,6,8H2,(H,22,25). The van der Waals surface area contributed by atoms with Crippen LogP contribution in [0.2, 0.25) is 0 Å². The van der Waals surface area contributed by atoms with E-state index in [9.17, 15) is 4.79 Å². The predicted molar refractivity (Wildman–Crippen MR) is 95.7 cm³/mol. The quantitative estimate of drug-likeness (QED) is 0.590. The summed E-state index contributed by atoms with van der Waals surface area (Å²) in [6.07, 6.45) is 7.50. The number of H-pyrrole nitrogens is 1. The summed E-state index contributed by atoms with van der Waals surface area (Å²) in [5.41, 5.74) is 2.80. The van der Waals surface area contributed by atoms with Gasteiger partial charge < -0.3 is 10.3 Å². The van der Waals surface area contributed by atoms with Crippen LogP contribution in [-0.4, -0.2) is 32.0 Å². The Balaban J connectivity index is 1.39. The molecular weight excluding hydrogens is 314 g/mol. The Morgan fingerprint density at radius 3 is 2.92 bits per heavy atom. The van der Waals surface area contributed by atoms with Crippen molar-refractivity contribution in [2.24, 2.45) is 0 Å². The monoisotopic (exact) mass is 331 g/mol. The van der Waals surface area contributed by atoms with E-state index in [4.69, 9.17) is 0 Å². The molecule has 0 atom stereocenters.